The standard InChI is InChI=1S/C23H33NO3S/c1-14(2)24(21(25)18-9-8-15(3)12-16(18)4)19-13-17(10-11-23(5,6)7)28-20(19)22(26)27/h13-16,18H,8-9,12H2,1-7H3,(H,26,27). The predicted molar refractivity (Wildman–Crippen MR) is 116 cm³/mol. The van der Waals surface area contributed by atoms with Crippen molar-refractivity contribution in [2.45, 2.75) is 73.8 Å². The molecule has 28 heavy (non-hydrogen) atoms. The molecule has 1 fully saturated rings. The van der Waals surface area contributed by atoms with E-state index in [9.17, 15) is 14.7 Å². The van der Waals surface area contributed by atoms with E-state index in [0.717, 1.165) is 30.6 Å². The second kappa shape index (κ2) is 8.69. The fourth-order valence-electron chi connectivity index (χ4n) is 3.89. The third-order valence-electron chi connectivity index (χ3n) is 5.23. The van der Waals surface area contributed by atoms with E-state index in [1.165, 1.54) is 0 Å². The number of amides is 1. The third kappa shape index (κ3) is 5.38. The molecule has 1 heterocycles. The van der Waals surface area contributed by atoms with Gasteiger partial charge in [0.1, 0.15) is 4.88 Å². The van der Waals surface area contributed by atoms with Crippen molar-refractivity contribution < 1.29 is 14.7 Å². The van der Waals surface area contributed by atoms with E-state index >= 15 is 0 Å². The average molecular weight is 404 g/mol. The quantitative estimate of drug-likeness (QED) is 0.660. The van der Waals surface area contributed by atoms with Gasteiger partial charge in [0.15, 0.2) is 0 Å². The zero-order chi connectivity index (χ0) is 21.2. The van der Waals surface area contributed by atoms with Gasteiger partial charge in [0, 0.05) is 17.4 Å². The number of nitrogens with zero attached hydrogens (tertiary/aromatic N) is 1. The number of hydrogen-bond donors (Lipinski definition) is 1. The molecular formula is C23H33NO3S. The third-order valence-corrected chi connectivity index (χ3v) is 6.26. The molecule has 3 unspecified atom stereocenters. The number of hydrogen-bond acceptors (Lipinski definition) is 3. The minimum Gasteiger partial charge on any atom is -0.477 e. The lowest BCUT2D eigenvalue weighted by molar-refractivity contribution is -0.125. The maximum atomic E-state index is 13.5. The first kappa shape index (κ1) is 22.5. The van der Waals surface area contributed by atoms with Crippen LogP contribution in [0.5, 0.6) is 0 Å². The highest BCUT2D eigenvalue weighted by atomic mass is 32.1. The summed E-state index contributed by atoms with van der Waals surface area (Å²) < 4.78 is 0. The molecule has 0 aromatic carbocycles. The van der Waals surface area contributed by atoms with Crippen LogP contribution in [-0.2, 0) is 4.79 Å². The van der Waals surface area contributed by atoms with Crippen LogP contribution >= 0.6 is 11.3 Å². The van der Waals surface area contributed by atoms with Gasteiger partial charge in [0.25, 0.3) is 0 Å². The van der Waals surface area contributed by atoms with Crippen LogP contribution in [0.4, 0.5) is 5.69 Å². The van der Waals surface area contributed by atoms with Crippen molar-refractivity contribution in [2.75, 3.05) is 4.90 Å². The highest BCUT2D eigenvalue weighted by molar-refractivity contribution is 7.15. The molecular weight excluding hydrogens is 370 g/mol. The fraction of sp³-hybridized carbons (Fsp3) is 0.652. The maximum absolute atomic E-state index is 13.5. The van der Waals surface area contributed by atoms with E-state index < -0.39 is 5.97 Å². The van der Waals surface area contributed by atoms with Gasteiger partial charge in [-0.25, -0.2) is 4.79 Å². The maximum Gasteiger partial charge on any atom is 0.348 e. The normalized spacial score (nSPS) is 22.5. The Labute approximate surface area is 173 Å². The number of rotatable bonds is 4. The molecule has 1 aromatic heterocycles. The first-order valence-electron chi connectivity index (χ1n) is 10.1. The van der Waals surface area contributed by atoms with Crippen LogP contribution in [0.25, 0.3) is 0 Å². The van der Waals surface area contributed by atoms with Gasteiger partial charge in [0.2, 0.25) is 5.91 Å². The summed E-state index contributed by atoms with van der Waals surface area (Å²) in [5, 5.41) is 9.74. The van der Waals surface area contributed by atoms with Gasteiger partial charge in [-0.2, -0.15) is 0 Å². The Morgan fingerprint density at radius 1 is 1.25 bits per heavy atom. The van der Waals surface area contributed by atoms with Crippen molar-refractivity contribution in [3.8, 4) is 11.8 Å². The van der Waals surface area contributed by atoms with Gasteiger partial charge in [-0.1, -0.05) is 25.7 Å². The molecule has 154 valence electrons. The van der Waals surface area contributed by atoms with E-state index in [1.54, 1.807) is 11.0 Å². The van der Waals surface area contributed by atoms with Crippen LogP contribution in [0.3, 0.4) is 0 Å². The van der Waals surface area contributed by atoms with Crippen molar-refractivity contribution >= 4 is 28.9 Å². The summed E-state index contributed by atoms with van der Waals surface area (Å²) in [5.41, 5.74) is 0.316. The summed E-state index contributed by atoms with van der Waals surface area (Å²) in [6, 6.07) is 1.66. The molecule has 0 aliphatic heterocycles. The zero-order valence-electron chi connectivity index (χ0n) is 18.1. The minimum absolute atomic E-state index is 0.0463. The first-order valence-corrected chi connectivity index (χ1v) is 11.0. The molecule has 1 aliphatic rings. The van der Waals surface area contributed by atoms with Gasteiger partial charge >= 0.3 is 5.97 Å². The molecule has 0 spiro atoms. The lowest BCUT2D eigenvalue weighted by Gasteiger charge is -2.37. The Balaban J connectivity index is 2.44. The Hall–Kier alpha value is -1.80. The lowest BCUT2D eigenvalue weighted by Crippen LogP contribution is -2.44. The highest BCUT2D eigenvalue weighted by Crippen LogP contribution is 2.38. The van der Waals surface area contributed by atoms with E-state index in [-0.39, 0.29) is 28.2 Å². The topological polar surface area (TPSA) is 57.6 Å². The molecule has 3 atom stereocenters. The zero-order valence-corrected chi connectivity index (χ0v) is 18.9. The molecule has 1 aromatic rings. The molecule has 5 heteroatoms. The number of carbonyl (C=O) groups excluding carboxylic acids is 1. The SMILES string of the molecule is CC1CCC(C(=O)N(c2cc(C#CC(C)(C)C)sc2C(=O)O)C(C)C)C(C)C1. The van der Waals surface area contributed by atoms with Gasteiger partial charge in [-0.3, -0.25) is 4.79 Å². The fourth-order valence-corrected chi connectivity index (χ4v) is 4.73. The summed E-state index contributed by atoms with van der Waals surface area (Å²) in [5.74, 6) is 6.19. The molecule has 1 aliphatic carbocycles. The average Bonchev–Trinajstić information content (AvgIpc) is 2.96. The van der Waals surface area contributed by atoms with Crippen LogP contribution in [0.2, 0.25) is 0 Å². The van der Waals surface area contributed by atoms with Crippen molar-refractivity contribution in [2.24, 2.45) is 23.2 Å². The largest absolute Gasteiger partial charge is 0.477 e. The number of thiophene rings is 1. The van der Waals surface area contributed by atoms with Crippen molar-refractivity contribution in [3.63, 3.8) is 0 Å². The van der Waals surface area contributed by atoms with E-state index in [4.69, 9.17) is 0 Å². The van der Waals surface area contributed by atoms with Crippen LogP contribution in [0.1, 0.15) is 82.3 Å². The van der Waals surface area contributed by atoms with E-state index in [0.29, 0.717) is 22.4 Å². The first-order chi connectivity index (χ1) is 12.9. The van der Waals surface area contributed by atoms with Gasteiger partial charge in [-0.05, 0) is 71.8 Å². The molecule has 1 amide bonds. The van der Waals surface area contributed by atoms with Gasteiger partial charge < -0.3 is 10.0 Å². The molecule has 1 N–H and O–H groups in total. The van der Waals surface area contributed by atoms with Crippen molar-refractivity contribution in [1.82, 2.24) is 0 Å². The summed E-state index contributed by atoms with van der Waals surface area (Å²) >= 11 is 1.15. The molecule has 4 nitrogen and oxygen atoms in total. The van der Waals surface area contributed by atoms with Crippen LogP contribution in [0, 0.1) is 35.0 Å². The number of anilines is 1. The van der Waals surface area contributed by atoms with Crippen LogP contribution in [0.15, 0.2) is 6.07 Å². The Morgan fingerprint density at radius 3 is 2.39 bits per heavy atom. The minimum atomic E-state index is -1.01. The van der Waals surface area contributed by atoms with Crippen molar-refractivity contribution in [3.05, 3.63) is 15.8 Å². The van der Waals surface area contributed by atoms with Gasteiger partial charge in [-0.15, -0.1) is 11.3 Å². The second-order valence-corrected chi connectivity index (χ2v) is 10.5. The molecule has 0 radical (unpaired) electrons. The van der Waals surface area contributed by atoms with Crippen LogP contribution < -0.4 is 4.90 Å². The summed E-state index contributed by atoms with van der Waals surface area (Å²) in [4.78, 5) is 27.9. The van der Waals surface area contributed by atoms with E-state index in [1.807, 2.05) is 34.6 Å². The van der Waals surface area contributed by atoms with Crippen LogP contribution in [-0.4, -0.2) is 23.0 Å². The van der Waals surface area contributed by atoms with E-state index in [2.05, 4.69) is 25.7 Å². The smallest absolute Gasteiger partial charge is 0.348 e. The Morgan fingerprint density at radius 2 is 1.89 bits per heavy atom. The summed E-state index contributed by atoms with van der Waals surface area (Å²) in [6.07, 6.45) is 2.96. The number of aromatic carboxylic acids is 1. The van der Waals surface area contributed by atoms with Crippen molar-refractivity contribution in [1.29, 1.82) is 0 Å². The second-order valence-electron chi connectivity index (χ2n) is 9.43. The Bertz CT molecular complexity index is 791. The highest BCUT2D eigenvalue weighted by Gasteiger charge is 2.36. The molecule has 1 saturated carbocycles. The molecule has 2 rings (SSSR count). The lowest BCUT2D eigenvalue weighted by atomic mass is 9.75. The molecule has 0 bridgehead atoms. The number of carboxylic acid groups (broad SMARTS) is 1. The number of carboxylic acids is 1. The van der Waals surface area contributed by atoms with Gasteiger partial charge in [0.05, 0.1) is 10.6 Å². The monoisotopic (exact) mass is 403 g/mol. The summed E-state index contributed by atoms with van der Waals surface area (Å²) in [7, 11) is 0. The number of carbonyl (C=O) groups is 2. The Kier molecular flexibility index (Phi) is 6.98. The summed E-state index contributed by atoms with van der Waals surface area (Å²) in [6.45, 7) is 14.3. The molecule has 0 saturated heterocycles. The predicted octanol–water partition coefficient (Wildman–Crippen LogP) is 5.66.